The number of aromatic carboxylic acids is 1. The maximum absolute atomic E-state index is 12.5. The molecule has 5 heteroatoms. The first-order chi connectivity index (χ1) is 14.0. The van der Waals surface area contributed by atoms with Gasteiger partial charge in [-0.15, -0.1) is 0 Å². The lowest BCUT2D eigenvalue weighted by Gasteiger charge is -2.07. The van der Waals surface area contributed by atoms with Gasteiger partial charge in [0, 0.05) is 24.1 Å². The van der Waals surface area contributed by atoms with E-state index >= 15 is 0 Å². The average molecular weight is 385 g/mol. The molecular weight excluding hydrogens is 366 g/mol. The van der Waals surface area contributed by atoms with E-state index in [2.05, 4.69) is 17.4 Å². The quantitative estimate of drug-likeness (QED) is 0.477. The zero-order valence-corrected chi connectivity index (χ0v) is 15.6. The van der Waals surface area contributed by atoms with Crippen molar-refractivity contribution in [1.29, 1.82) is 0 Å². The molecule has 1 aliphatic carbocycles. The summed E-state index contributed by atoms with van der Waals surface area (Å²) >= 11 is 0. The zero-order valence-electron chi connectivity index (χ0n) is 15.6. The molecule has 0 fully saturated rings. The molecule has 0 aromatic heterocycles. The summed E-state index contributed by atoms with van der Waals surface area (Å²) in [5, 5.41) is 11.6. The summed E-state index contributed by atoms with van der Waals surface area (Å²) in [6.45, 7) is 0. The van der Waals surface area contributed by atoms with Gasteiger partial charge in [0.1, 0.15) is 0 Å². The Balaban J connectivity index is 1.36. The molecule has 144 valence electrons. The molecule has 0 unspecified atom stereocenters. The normalized spacial score (nSPS) is 11.4. The zero-order chi connectivity index (χ0) is 20.4. The first-order valence-corrected chi connectivity index (χ1v) is 9.39. The molecule has 0 bridgehead atoms. The van der Waals surface area contributed by atoms with Crippen molar-refractivity contribution >= 4 is 23.3 Å². The Morgan fingerprint density at radius 3 is 2.24 bits per heavy atom. The third-order valence-corrected chi connectivity index (χ3v) is 5.11. The number of fused-ring (bicyclic) bond motifs is 3. The van der Waals surface area contributed by atoms with Crippen LogP contribution in [0.4, 0.5) is 5.69 Å². The molecule has 0 radical (unpaired) electrons. The smallest absolute Gasteiger partial charge is 0.335 e. The molecular formula is C24H19NO4. The van der Waals surface area contributed by atoms with Crippen LogP contribution >= 0.6 is 0 Å². The lowest BCUT2D eigenvalue weighted by molar-refractivity contribution is -0.116. The Labute approximate surface area is 168 Å². The van der Waals surface area contributed by atoms with Crippen LogP contribution in [0.15, 0.2) is 66.7 Å². The summed E-state index contributed by atoms with van der Waals surface area (Å²) in [6, 6.07) is 19.9. The number of carbonyl (C=O) groups excluding carboxylic acids is 2. The number of carboxylic acids is 1. The van der Waals surface area contributed by atoms with E-state index in [1.807, 2.05) is 30.3 Å². The second-order valence-corrected chi connectivity index (χ2v) is 7.06. The number of carbonyl (C=O) groups is 3. The highest BCUT2D eigenvalue weighted by atomic mass is 16.4. The van der Waals surface area contributed by atoms with E-state index in [-0.39, 0.29) is 30.1 Å². The number of nitrogens with one attached hydrogen (secondary N) is 1. The lowest BCUT2D eigenvalue weighted by atomic mass is 9.99. The van der Waals surface area contributed by atoms with E-state index in [0.29, 0.717) is 11.3 Å². The molecule has 3 aromatic carbocycles. The van der Waals surface area contributed by atoms with Gasteiger partial charge in [0.15, 0.2) is 5.78 Å². The SMILES string of the molecule is O=C(CCC(=O)c1ccc2c(c1)Cc1ccccc1-2)Nc1ccc(C(=O)O)cc1. The Morgan fingerprint density at radius 1 is 0.793 bits per heavy atom. The van der Waals surface area contributed by atoms with Gasteiger partial charge in [-0.25, -0.2) is 4.79 Å². The van der Waals surface area contributed by atoms with E-state index < -0.39 is 5.97 Å². The summed E-state index contributed by atoms with van der Waals surface area (Å²) in [6.07, 6.45) is 1.00. The number of carboxylic acid groups (broad SMARTS) is 1. The number of Topliss-reactive ketones (excluding diaryl/α,β-unsaturated/α-hetero) is 1. The topological polar surface area (TPSA) is 83.5 Å². The van der Waals surface area contributed by atoms with Gasteiger partial charge in [-0.2, -0.15) is 0 Å². The molecule has 1 amide bonds. The predicted octanol–water partition coefficient (Wildman–Crippen LogP) is 4.56. The van der Waals surface area contributed by atoms with Gasteiger partial charge >= 0.3 is 5.97 Å². The molecule has 3 aromatic rings. The van der Waals surface area contributed by atoms with Crippen molar-refractivity contribution in [2.24, 2.45) is 0 Å². The van der Waals surface area contributed by atoms with Crippen molar-refractivity contribution in [1.82, 2.24) is 0 Å². The number of rotatable bonds is 6. The Hall–Kier alpha value is -3.73. The Bertz CT molecular complexity index is 1120. The number of anilines is 1. The van der Waals surface area contributed by atoms with Gasteiger partial charge < -0.3 is 10.4 Å². The molecule has 5 nitrogen and oxygen atoms in total. The maximum Gasteiger partial charge on any atom is 0.335 e. The van der Waals surface area contributed by atoms with Crippen molar-refractivity contribution in [2.45, 2.75) is 19.3 Å². The van der Waals surface area contributed by atoms with Gasteiger partial charge in [0.2, 0.25) is 5.91 Å². The van der Waals surface area contributed by atoms with Crippen molar-refractivity contribution in [3.8, 4) is 11.1 Å². The van der Waals surface area contributed by atoms with Gasteiger partial charge in [0.25, 0.3) is 0 Å². The van der Waals surface area contributed by atoms with Crippen molar-refractivity contribution in [2.75, 3.05) is 5.32 Å². The van der Waals surface area contributed by atoms with Crippen molar-refractivity contribution in [3.05, 3.63) is 89.0 Å². The molecule has 0 saturated heterocycles. The largest absolute Gasteiger partial charge is 0.478 e. The van der Waals surface area contributed by atoms with Crippen LogP contribution in [-0.4, -0.2) is 22.8 Å². The van der Waals surface area contributed by atoms with E-state index in [0.717, 1.165) is 12.0 Å². The van der Waals surface area contributed by atoms with E-state index in [1.54, 1.807) is 0 Å². The van der Waals surface area contributed by atoms with Gasteiger partial charge in [0.05, 0.1) is 5.56 Å². The van der Waals surface area contributed by atoms with Crippen LogP contribution < -0.4 is 5.32 Å². The molecule has 0 atom stereocenters. The summed E-state index contributed by atoms with van der Waals surface area (Å²) in [7, 11) is 0. The predicted molar refractivity (Wildman–Crippen MR) is 110 cm³/mol. The summed E-state index contributed by atoms with van der Waals surface area (Å²) in [4.78, 5) is 35.5. The highest BCUT2D eigenvalue weighted by Gasteiger charge is 2.19. The lowest BCUT2D eigenvalue weighted by Crippen LogP contribution is -2.13. The second kappa shape index (κ2) is 7.72. The fourth-order valence-electron chi connectivity index (χ4n) is 3.61. The Morgan fingerprint density at radius 2 is 1.48 bits per heavy atom. The van der Waals surface area contributed by atoms with Gasteiger partial charge in [-0.3, -0.25) is 9.59 Å². The summed E-state index contributed by atoms with van der Waals surface area (Å²) in [5.74, 6) is -1.37. The minimum absolute atomic E-state index is 0.0663. The molecule has 4 rings (SSSR count). The molecule has 29 heavy (non-hydrogen) atoms. The van der Waals surface area contributed by atoms with Crippen LogP contribution in [0.2, 0.25) is 0 Å². The van der Waals surface area contributed by atoms with Crippen LogP contribution in [0.1, 0.15) is 44.7 Å². The van der Waals surface area contributed by atoms with Gasteiger partial charge in [-0.1, -0.05) is 36.4 Å². The van der Waals surface area contributed by atoms with Crippen LogP contribution in [0, 0.1) is 0 Å². The minimum atomic E-state index is -1.02. The maximum atomic E-state index is 12.5. The standard InChI is InChI=1S/C24H19NO4/c26-22(11-12-23(27)25-19-8-5-15(6-9-19)24(28)29)17-7-10-21-18(14-17)13-16-3-1-2-4-20(16)21/h1-10,14H,11-13H2,(H,25,27)(H,28,29). The van der Waals surface area contributed by atoms with Gasteiger partial charge in [-0.05, 0) is 59.0 Å². The van der Waals surface area contributed by atoms with E-state index in [4.69, 9.17) is 5.11 Å². The number of hydrogen-bond donors (Lipinski definition) is 2. The fourth-order valence-corrected chi connectivity index (χ4v) is 3.61. The van der Waals surface area contributed by atoms with Crippen LogP contribution in [0.25, 0.3) is 11.1 Å². The monoisotopic (exact) mass is 385 g/mol. The first kappa shape index (κ1) is 18.6. The average Bonchev–Trinajstić information content (AvgIpc) is 3.10. The third kappa shape index (κ3) is 3.94. The Kier molecular flexibility index (Phi) is 4.96. The van der Waals surface area contributed by atoms with Crippen molar-refractivity contribution in [3.63, 3.8) is 0 Å². The van der Waals surface area contributed by atoms with Crippen LogP contribution in [0.5, 0.6) is 0 Å². The molecule has 0 heterocycles. The second-order valence-electron chi connectivity index (χ2n) is 7.06. The minimum Gasteiger partial charge on any atom is -0.478 e. The number of amides is 1. The molecule has 2 N–H and O–H groups in total. The molecule has 0 saturated carbocycles. The van der Waals surface area contributed by atoms with Crippen molar-refractivity contribution < 1.29 is 19.5 Å². The highest BCUT2D eigenvalue weighted by molar-refractivity contribution is 6.01. The van der Waals surface area contributed by atoms with Crippen LogP contribution in [-0.2, 0) is 11.2 Å². The number of ketones is 1. The number of hydrogen-bond acceptors (Lipinski definition) is 3. The molecule has 0 spiro atoms. The number of benzene rings is 3. The fraction of sp³-hybridized carbons (Fsp3) is 0.125. The van der Waals surface area contributed by atoms with E-state index in [1.165, 1.54) is 41.0 Å². The first-order valence-electron chi connectivity index (χ1n) is 9.39. The third-order valence-electron chi connectivity index (χ3n) is 5.11. The summed E-state index contributed by atoms with van der Waals surface area (Å²) in [5.41, 5.74) is 6.06. The molecule has 1 aliphatic rings. The highest BCUT2D eigenvalue weighted by Crippen LogP contribution is 2.36. The molecule has 0 aliphatic heterocycles. The summed E-state index contributed by atoms with van der Waals surface area (Å²) < 4.78 is 0. The van der Waals surface area contributed by atoms with Crippen LogP contribution in [0.3, 0.4) is 0 Å². The van der Waals surface area contributed by atoms with E-state index in [9.17, 15) is 14.4 Å².